The molecule has 50 heavy (non-hydrogen) atoms. The monoisotopic (exact) mass is 744 g/mol. The van der Waals surface area contributed by atoms with E-state index in [1.807, 2.05) is 0 Å². The van der Waals surface area contributed by atoms with Crippen LogP contribution in [0.4, 0.5) is 0 Å². The highest BCUT2D eigenvalue weighted by Gasteiger charge is 2.53. The summed E-state index contributed by atoms with van der Waals surface area (Å²) in [6, 6.07) is 17.4. The minimum atomic E-state index is -4.64. The number of methoxy groups -OCH3 is 1. The van der Waals surface area contributed by atoms with Crippen LogP contribution in [0.15, 0.2) is 100 Å². The van der Waals surface area contributed by atoms with E-state index in [0.717, 1.165) is 16.7 Å². The number of rotatable bonds is 12. The Morgan fingerprint density at radius 1 is 0.660 bits per heavy atom. The molecule has 6 rings (SSSR count). The van der Waals surface area contributed by atoms with Gasteiger partial charge in [-0.2, -0.15) is 30.2 Å². The zero-order valence-electron chi connectivity index (χ0n) is 27.1. The SMILES string of the molecule is COc1ncnc2c1ncn2[C@@H]1O[C@H](COS(=O)(=O)c2ccc(C)cc2)[C@@H](OS(=O)(=O)c2ccc(C)cc2)[C@@H]1OS(=O)(=O)c1ccc(C)cc1. The van der Waals surface area contributed by atoms with Gasteiger partial charge in [0.15, 0.2) is 23.5 Å². The molecule has 5 aromatic rings. The molecule has 1 aliphatic heterocycles. The third-order valence-corrected chi connectivity index (χ3v) is 11.8. The second kappa shape index (κ2) is 13.8. The fraction of sp³-hybridized carbons (Fsp3) is 0.281. The van der Waals surface area contributed by atoms with Gasteiger partial charge in [-0.15, -0.1) is 0 Å². The molecule has 1 fully saturated rings. The number of imidazole rings is 1. The molecule has 1 saturated heterocycles. The number of fused-ring (bicyclic) bond motifs is 1. The van der Waals surface area contributed by atoms with Crippen molar-refractivity contribution >= 4 is 41.5 Å². The number of benzene rings is 3. The van der Waals surface area contributed by atoms with Gasteiger partial charge < -0.3 is 9.47 Å². The van der Waals surface area contributed by atoms with Crippen LogP contribution in [0.3, 0.4) is 0 Å². The van der Waals surface area contributed by atoms with Crippen molar-refractivity contribution in [3.05, 3.63) is 102 Å². The number of hydrogen-bond acceptors (Lipinski definition) is 14. The second-order valence-electron chi connectivity index (χ2n) is 11.5. The summed E-state index contributed by atoms with van der Waals surface area (Å²) in [7, 11) is -12.3. The standard InChI is InChI=1S/C32H32N4O11S3/c1-20-5-11-23(12-6-20)48(37,38)44-17-26-28(46-49(39,40)24-13-7-21(2)8-14-24)29(47-50(41,42)25-15-9-22(3)10-16-25)32(45-26)36-19-35-27-30(36)33-18-34-31(27)43-4/h5-16,18-19,26,28-29,32H,17H2,1-4H3/t26-,28-,29+,32-/m1/s1. The lowest BCUT2D eigenvalue weighted by Gasteiger charge is -2.24. The molecule has 0 spiro atoms. The highest BCUT2D eigenvalue weighted by molar-refractivity contribution is 7.87. The average molecular weight is 745 g/mol. The minimum Gasteiger partial charge on any atom is -0.479 e. The summed E-state index contributed by atoms with van der Waals surface area (Å²) in [6.07, 6.45) is -4.18. The summed E-state index contributed by atoms with van der Waals surface area (Å²) in [4.78, 5) is 11.9. The summed E-state index contributed by atoms with van der Waals surface area (Å²) in [6.45, 7) is 4.53. The van der Waals surface area contributed by atoms with Gasteiger partial charge in [-0.05, 0) is 57.2 Å². The number of hydrogen-bond donors (Lipinski definition) is 0. The number of aryl methyl sites for hydroxylation is 3. The smallest absolute Gasteiger partial charge is 0.297 e. The van der Waals surface area contributed by atoms with Crippen LogP contribution in [-0.2, 0) is 47.6 Å². The first kappa shape index (κ1) is 35.5. The molecule has 0 N–H and O–H groups in total. The molecule has 0 radical (unpaired) electrons. The van der Waals surface area contributed by atoms with E-state index < -0.39 is 61.5 Å². The first-order valence-electron chi connectivity index (χ1n) is 15.0. The van der Waals surface area contributed by atoms with Crippen molar-refractivity contribution < 1.29 is 47.3 Å². The second-order valence-corrected chi connectivity index (χ2v) is 16.2. The molecule has 2 aromatic heterocycles. The fourth-order valence-corrected chi connectivity index (χ4v) is 8.30. The minimum absolute atomic E-state index is 0.0929. The Kier molecular flexibility index (Phi) is 9.79. The van der Waals surface area contributed by atoms with Crippen molar-refractivity contribution in [2.24, 2.45) is 0 Å². The summed E-state index contributed by atoms with van der Waals surface area (Å²) < 4.78 is 111. The first-order chi connectivity index (χ1) is 23.7. The predicted molar refractivity (Wildman–Crippen MR) is 177 cm³/mol. The molecular formula is C32H32N4O11S3. The summed E-state index contributed by atoms with van der Waals surface area (Å²) >= 11 is 0. The van der Waals surface area contributed by atoms with Crippen molar-refractivity contribution in [2.45, 2.75) is 60.0 Å². The van der Waals surface area contributed by atoms with Gasteiger partial charge in [-0.1, -0.05) is 53.1 Å². The van der Waals surface area contributed by atoms with Crippen molar-refractivity contribution in [3.63, 3.8) is 0 Å². The van der Waals surface area contributed by atoms with Crippen molar-refractivity contribution in [1.82, 2.24) is 19.5 Å². The molecule has 1 aliphatic rings. The largest absolute Gasteiger partial charge is 0.479 e. The summed E-state index contributed by atoms with van der Waals surface area (Å²) in [5, 5.41) is 0. The Balaban J connectivity index is 1.45. The van der Waals surface area contributed by atoms with Crippen LogP contribution in [-0.4, -0.2) is 76.8 Å². The molecule has 264 valence electrons. The Bertz CT molecular complexity index is 2330. The quantitative estimate of drug-likeness (QED) is 0.168. The zero-order valence-corrected chi connectivity index (χ0v) is 29.6. The van der Waals surface area contributed by atoms with E-state index in [9.17, 15) is 25.3 Å². The number of ether oxygens (including phenoxy) is 2. The average Bonchev–Trinajstić information content (AvgIpc) is 3.65. The van der Waals surface area contributed by atoms with Crippen LogP contribution in [0.1, 0.15) is 22.9 Å². The van der Waals surface area contributed by atoms with E-state index in [2.05, 4.69) is 15.0 Å². The fourth-order valence-electron chi connectivity index (χ4n) is 5.19. The molecule has 0 amide bonds. The van der Waals surface area contributed by atoms with Gasteiger partial charge in [-0.3, -0.25) is 17.1 Å². The highest BCUT2D eigenvalue weighted by Crippen LogP contribution is 2.39. The molecule has 18 heteroatoms. The van der Waals surface area contributed by atoms with Gasteiger partial charge in [0.1, 0.15) is 18.5 Å². The lowest BCUT2D eigenvalue weighted by atomic mass is 10.1. The van der Waals surface area contributed by atoms with E-state index in [0.29, 0.717) is 0 Å². The highest BCUT2D eigenvalue weighted by atomic mass is 32.2. The first-order valence-corrected chi connectivity index (χ1v) is 19.2. The van der Waals surface area contributed by atoms with Gasteiger partial charge in [0.25, 0.3) is 30.4 Å². The Morgan fingerprint density at radius 2 is 1.14 bits per heavy atom. The lowest BCUT2D eigenvalue weighted by molar-refractivity contribution is -0.0419. The molecule has 15 nitrogen and oxygen atoms in total. The van der Waals surface area contributed by atoms with E-state index >= 15 is 0 Å². The number of aromatic nitrogens is 4. The van der Waals surface area contributed by atoms with Crippen molar-refractivity contribution in [3.8, 4) is 5.88 Å². The van der Waals surface area contributed by atoms with Crippen molar-refractivity contribution in [2.75, 3.05) is 13.7 Å². The van der Waals surface area contributed by atoms with Gasteiger partial charge in [0.2, 0.25) is 5.88 Å². The Labute approximate surface area is 289 Å². The molecule has 0 unspecified atom stereocenters. The lowest BCUT2D eigenvalue weighted by Crippen LogP contribution is -2.41. The maximum Gasteiger partial charge on any atom is 0.297 e. The van der Waals surface area contributed by atoms with Gasteiger partial charge in [0.05, 0.1) is 34.7 Å². The molecular weight excluding hydrogens is 713 g/mol. The maximum absolute atomic E-state index is 13.8. The molecule has 0 aliphatic carbocycles. The molecule has 0 saturated carbocycles. The van der Waals surface area contributed by atoms with Gasteiger partial charge in [0, 0.05) is 0 Å². The van der Waals surface area contributed by atoms with Gasteiger partial charge >= 0.3 is 0 Å². The maximum atomic E-state index is 13.8. The topological polar surface area (TPSA) is 192 Å². The number of nitrogens with zero attached hydrogens (tertiary/aromatic N) is 4. The molecule has 3 aromatic carbocycles. The van der Waals surface area contributed by atoms with Crippen LogP contribution < -0.4 is 4.74 Å². The predicted octanol–water partition coefficient (Wildman–Crippen LogP) is 3.61. The van der Waals surface area contributed by atoms with E-state index in [-0.39, 0.29) is 31.7 Å². The zero-order chi connectivity index (χ0) is 35.8. The molecule has 4 atom stereocenters. The van der Waals surface area contributed by atoms with E-state index in [1.54, 1.807) is 57.2 Å². The van der Waals surface area contributed by atoms with Crippen LogP contribution in [0.2, 0.25) is 0 Å². The van der Waals surface area contributed by atoms with Crippen molar-refractivity contribution in [1.29, 1.82) is 0 Å². The Hall–Kier alpha value is -4.30. The van der Waals surface area contributed by atoms with Crippen LogP contribution in [0, 0.1) is 20.8 Å². The van der Waals surface area contributed by atoms with Crippen LogP contribution in [0.5, 0.6) is 5.88 Å². The van der Waals surface area contributed by atoms with Gasteiger partial charge in [-0.25, -0.2) is 9.97 Å². The molecule has 0 bridgehead atoms. The Morgan fingerprint density at radius 3 is 1.64 bits per heavy atom. The normalized spacial score (nSPS) is 19.9. The van der Waals surface area contributed by atoms with E-state index in [1.165, 1.54) is 60.7 Å². The third-order valence-electron chi connectivity index (χ3n) is 7.87. The summed E-state index contributed by atoms with van der Waals surface area (Å²) in [5.41, 5.74) is 2.64. The van der Waals surface area contributed by atoms with E-state index in [4.69, 9.17) is 22.0 Å². The van der Waals surface area contributed by atoms with Crippen LogP contribution in [0.25, 0.3) is 11.2 Å². The third kappa shape index (κ3) is 7.27. The van der Waals surface area contributed by atoms with Crippen LogP contribution >= 0.6 is 0 Å². The molecule has 3 heterocycles. The summed E-state index contributed by atoms with van der Waals surface area (Å²) in [5.74, 6) is 0.0929.